The molecule has 0 bridgehead atoms. The van der Waals surface area contributed by atoms with Crippen LogP contribution in [0.3, 0.4) is 0 Å². The van der Waals surface area contributed by atoms with Crippen LogP contribution in [-0.2, 0) is 0 Å². The maximum Gasteiger partial charge on any atom is 0.254 e. The number of nitrogens with two attached hydrogens (primary N) is 1. The number of benzene rings is 1. The number of rotatable bonds is 1. The maximum atomic E-state index is 13.4. The molecule has 1 aromatic rings. The first-order chi connectivity index (χ1) is 8.91. The summed E-state index contributed by atoms with van der Waals surface area (Å²) in [5.74, 6) is -2.11. The Hall–Kier alpha value is -1.65. The fourth-order valence-electron chi connectivity index (χ4n) is 2.68. The monoisotopic (exact) mass is 268 g/mol. The van der Waals surface area contributed by atoms with E-state index in [1.807, 2.05) is 13.8 Å². The van der Waals surface area contributed by atoms with Gasteiger partial charge in [0.25, 0.3) is 5.91 Å². The van der Waals surface area contributed by atoms with Crippen LogP contribution in [0.15, 0.2) is 12.1 Å². The van der Waals surface area contributed by atoms with E-state index in [9.17, 15) is 13.6 Å². The van der Waals surface area contributed by atoms with Crippen LogP contribution in [-0.4, -0.2) is 22.9 Å². The fraction of sp³-hybridized carbons (Fsp3) is 0.500. The van der Waals surface area contributed by atoms with Gasteiger partial charge in [0, 0.05) is 17.6 Å². The van der Waals surface area contributed by atoms with Crippen molar-refractivity contribution in [2.24, 2.45) is 0 Å². The molecule has 2 N–H and O–H groups in total. The van der Waals surface area contributed by atoms with E-state index in [4.69, 9.17) is 5.73 Å². The Balaban J connectivity index is 2.33. The third kappa shape index (κ3) is 2.55. The van der Waals surface area contributed by atoms with Crippen molar-refractivity contribution in [3.63, 3.8) is 0 Å². The summed E-state index contributed by atoms with van der Waals surface area (Å²) in [6.45, 7) is 3.91. The van der Waals surface area contributed by atoms with Gasteiger partial charge in [0.05, 0.1) is 0 Å². The summed E-state index contributed by atoms with van der Waals surface area (Å²) >= 11 is 0. The molecule has 3 nitrogen and oxygen atoms in total. The standard InChI is InChI=1S/C14H18F2N2O/c1-8-4-3-5-9(2)18(8)14(19)10-6-11(15)13(17)12(16)7-10/h6-9H,3-5,17H2,1-2H3. The van der Waals surface area contributed by atoms with Crippen LogP contribution in [0.1, 0.15) is 43.5 Å². The van der Waals surface area contributed by atoms with Crippen LogP contribution in [0, 0.1) is 11.6 Å². The molecule has 2 unspecified atom stereocenters. The number of anilines is 1. The van der Waals surface area contributed by atoms with E-state index in [2.05, 4.69) is 0 Å². The van der Waals surface area contributed by atoms with Gasteiger partial charge in [-0.2, -0.15) is 0 Å². The van der Waals surface area contributed by atoms with Gasteiger partial charge in [-0.15, -0.1) is 0 Å². The molecule has 0 aliphatic carbocycles. The first-order valence-electron chi connectivity index (χ1n) is 6.49. The molecule has 1 saturated heterocycles. The molecule has 2 atom stereocenters. The summed E-state index contributed by atoms with van der Waals surface area (Å²) in [6.07, 6.45) is 2.89. The minimum absolute atomic E-state index is 0.0183. The van der Waals surface area contributed by atoms with Gasteiger partial charge in [-0.05, 0) is 45.2 Å². The number of hydrogen-bond acceptors (Lipinski definition) is 2. The number of nitrogen functional groups attached to an aromatic ring is 1. The van der Waals surface area contributed by atoms with Gasteiger partial charge in [0.1, 0.15) is 17.3 Å². The van der Waals surface area contributed by atoms with Crippen LogP contribution < -0.4 is 5.73 Å². The molecule has 1 aliphatic heterocycles. The van der Waals surface area contributed by atoms with E-state index in [0.717, 1.165) is 31.4 Å². The zero-order valence-corrected chi connectivity index (χ0v) is 11.1. The summed E-state index contributed by atoms with van der Waals surface area (Å²) in [5, 5.41) is 0. The third-order valence-corrected chi connectivity index (χ3v) is 3.75. The molecule has 1 heterocycles. The van der Waals surface area contributed by atoms with Gasteiger partial charge in [-0.1, -0.05) is 0 Å². The van der Waals surface area contributed by atoms with Gasteiger partial charge in [-0.3, -0.25) is 4.79 Å². The number of hydrogen-bond donors (Lipinski definition) is 1. The molecule has 0 radical (unpaired) electrons. The van der Waals surface area contributed by atoms with Gasteiger partial charge < -0.3 is 10.6 Å². The molecule has 19 heavy (non-hydrogen) atoms. The number of carbonyl (C=O) groups excluding carboxylic acids is 1. The average molecular weight is 268 g/mol. The van der Waals surface area contributed by atoms with E-state index in [-0.39, 0.29) is 23.6 Å². The fourth-order valence-corrected chi connectivity index (χ4v) is 2.68. The lowest BCUT2D eigenvalue weighted by atomic mass is 9.96. The van der Waals surface area contributed by atoms with E-state index in [1.165, 1.54) is 0 Å². The Morgan fingerprint density at radius 2 is 1.68 bits per heavy atom. The molecule has 1 aromatic carbocycles. The maximum absolute atomic E-state index is 13.4. The topological polar surface area (TPSA) is 46.3 Å². The highest BCUT2D eigenvalue weighted by molar-refractivity contribution is 5.95. The predicted molar refractivity (Wildman–Crippen MR) is 69.7 cm³/mol. The molecule has 2 rings (SSSR count). The van der Waals surface area contributed by atoms with Crippen molar-refractivity contribution < 1.29 is 13.6 Å². The van der Waals surface area contributed by atoms with Crippen molar-refractivity contribution in [1.82, 2.24) is 4.90 Å². The molecular weight excluding hydrogens is 250 g/mol. The molecule has 0 saturated carbocycles. The highest BCUT2D eigenvalue weighted by Gasteiger charge is 2.30. The van der Waals surface area contributed by atoms with E-state index < -0.39 is 17.3 Å². The van der Waals surface area contributed by atoms with Crippen molar-refractivity contribution in [3.8, 4) is 0 Å². The van der Waals surface area contributed by atoms with E-state index >= 15 is 0 Å². The SMILES string of the molecule is CC1CCCC(C)N1C(=O)c1cc(F)c(N)c(F)c1. The predicted octanol–water partition coefficient (Wildman–Crippen LogP) is 2.95. The van der Waals surface area contributed by atoms with Crippen molar-refractivity contribution in [2.75, 3.05) is 5.73 Å². The quantitative estimate of drug-likeness (QED) is 0.796. The van der Waals surface area contributed by atoms with Crippen LogP contribution >= 0.6 is 0 Å². The van der Waals surface area contributed by atoms with E-state index in [0.29, 0.717) is 0 Å². The van der Waals surface area contributed by atoms with E-state index in [1.54, 1.807) is 4.90 Å². The van der Waals surface area contributed by atoms with Gasteiger partial charge >= 0.3 is 0 Å². The smallest absolute Gasteiger partial charge is 0.254 e. The minimum atomic E-state index is -0.888. The molecular formula is C14H18F2N2O. The molecule has 1 aliphatic rings. The summed E-state index contributed by atoms with van der Waals surface area (Å²) in [5.41, 5.74) is 4.68. The number of halogens is 2. The Morgan fingerprint density at radius 3 is 2.16 bits per heavy atom. The summed E-state index contributed by atoms with van der Waals surface area (Å²) in [6, 6.07) is 2.18. The lowest BCUT2D eigenvalue weighted by Gasteiger charge is -2.39. The number of nitrogens with zero attached hydrogens (tertiary/aromatic N) is 1. The molecule has 1 fully saturated rings. The number of amides is 1. The summed E-state index contributed by atoms with van der Waals surface area (Å²) < 4.78 is 26.9. The van der Waals surface area contributed by atoms with Gasteiger partial charge in [0.15, 0.2) is 0 Å². The lowest BCUT2D eigenvalue weighted by Crippen LogP contribution is -2.47. The third-order valence-electron chi connectivity index (χ3n) is 3.75. The molecule has 0 spiro atoms. The number of carbonyl (C=O) groups is 1. The second-order valence-electron chi connectivity index (χ2n) is 5.19. The van der Waals surface area contributed by atoms with Crippen molar-refractivity contribution in [3.05, 3.63) is 29.3 Å². The second-order valence-corrected chi connectivity index (χ2v) is 5.19. The number of likely N-dealkylation sites (tertiary alicyclic amines) is 1. The largest absolute Gasteiger partial charge is 0.394 e. The first kappa shape index (κ1) is 13.8. The van der Waals surface area contributed by atoms with Crippen molar-refractivity contribution >= 4 is 11.6 Å². The molecule has 1 amide bonds. The Morgan fingerprint density at radius 1 is 1.21 bits per heavy atom. The lowest BCUT2D eigenvalue weighted by molar-refractivity contribution is 0.0510. The van der Waals surface area contributed by atoms with Crippen molar-refractivity contribution in [1.29, 1.82) is 0 Å². The molecule has 0 aromatic heterocycles. The highest BCUT2D eigenvalue weighted by Crippen LogP contribution is 2.26. The normalized spacial score (nSPS) is 23.5. The Kier molecular flexibility index (Phi) is 3.73. The Bertz CT molecular complexity index is 471. The minimum Gasteiger partial charge on any atom is -0.394 e. The van der Waals surface area contributed by atoms with Gasteiger partial charge in [0.2, 0.25) is 0 Å². The molecule has 5 heteroatoms. The number of piperidine rings is 1. The summed E-state index contributed by atoms with van der Waals surface area (Å²) in [4.78, 5) is 14.1. The first-order valence-corrected chi connectivity index (χ1v) is 6.49. The highest BCUT2D eigenvalue weighted by atomic mass is 19.1. The van der Waals surface area contributed by atoms with Crippen molar-refractivity contribution in [2.45, 2.75) is 45.2 Å². The second kappa shape index (κ2) is 5.15. The van der Waals surface area contributed by atoms with Crippen LogP contribution in [0.2, 0.25) is 0 Å². The summed E-state index contributed by atoms with van der Waals surface area (Å²) in [7, 11) is 0. The van der Waals surface area contributed by atoms with Crippen LogP contribution in [0.4, 0.5) is 14.5 Å². The zero-order valence-electron chi connectivity index (χ0n) is 11.1. The average Bonchev–Trinajstić information content (AvgIpc) is 2.35. The molecule has 104 valence electrons. The Labute approximate surface area is 111 Å². The zero-order chi connectivity index (χ0) is 14.2. The van der Waals surface area contributed by atoms with Gasteiger partial charge in [-0.25, -0.2) is 8.78 Å². The van der Waals surface area contributed by atoms with Crippen LogP contribution in [0.25, 0.3) is 0 Å². The van der Waals surface area contributed by atoms with Crippen LogP contribution in [0.5, 0.6) is 0 Å².